The summed E-state index contributed by atoms with van der Waals surface area (Å²) in [5.74, 6) is 0. The van der Waals surface area contributed by atoms with Gasteiger partial charge in [0.25, 0.3) is 0 Å². The third-order valence-electron chi connectivity index (χ3n) is 1.16. The molecule has 0 aliphatic carbocycles. The first-order valence-corrected chi connectivity index (χ1v) is 3.41. The van der Waals surface area contributed by atoms with Gasteiger partial charge in [-0.05, 0) is 19.8 Å². The first kappa shape index (κ1) is 9.21. The molecule has 2 heteroatoms. The van der Waals surface area contributed by atoms with Crippen LogP contribution in [-0.4, -0.2) is 24.9 Å². The highest BCUT2D eigenvalue weighted by Gasteiger charge is 1.87. The minimum Gasteiger partial charge on any atom is -0.348 e. The summed E-state index contributed by atoms with van der Waals surface area (Å²) in [5.41, 5.74) is 0. The van der Waals surface area contributed by atoms with Crippen molar-refractivity contribution in [3.8, 4) is 0 Å². The van der Waals surface area contributed by atoms with E-state index in [4.69, 9.17) is 0 Å². The molecule has 0 rings (SSSR count). The molecule has 10 heavy (non-hydrogen) atoms. The molecule has 0 aliphatic rings. The van der Waals surface area contributed by atoms with Crippen LogP contribution < -0.4 is 0 Å². The highest BCUT2D eigenvalue weighted by molar-refractivity contribution is 5.46. The fourth-order valence-corrected chi connectivity index (χ4v) is 0.567. The number of rotatable bonds is 5. The zero-order chi connectivity index (χ0) is 7.82. The monoisotopic (exact) mass is 140 g/mol. The van der Waals surface area contributed by atoms with Crippen molar-refractivity contribution in [2.24, 2.45) is 0 Å². The van der Waals surface area contributed by atoms with E-state index in [1.165, 1.54) is 0 Å². The Morgan fingerprint density at radius 3 is 2.70 bits per heavy atom. The van der Waals surface area contributed by atoms with Gasteiger partial charge >= 0.3 is 0 Å². The molecular formula is C8H14NO. The Morgan fingerprint density at radius 1 is 1.50 bits per heavy atom. The van der Waals surface area contributed by atoms with E-state index in [9.17, 15) is 4.79 Å². The molecule has 0 unspecified atom stereocenters. The zero-order valence-corrected chi connectivity index (χ0v) is 6.42. The topological polar surface area (TPSA) is 20.3 Å². The van der Waals surface area contributed by atoms with Gasteiger partial charge < -0.3 is 4.90 Å². The summed E-state index contributed by atoms with van der Waals surface area (Å²) in [7, 11) is 1.77. The predicted molar refractivity (Wildman–Crippen MR) is 42.4 cm³/mol. The standard InChI is InChI=1S/C8H14NO/c1-3-4-5-6-7-9(2)8-10/h4-5,8H,1,3,6-7H2,2H3. The lowest BCUT2D eigenvalue weighted by molar-refractivity contribution is -0.116. The van der Waals surface area contributed by atoms with E-state index in [0.717, 1.165) is 25.8 Å². The normalized spacial score (nSPS) is 10.2. The fraction of sp³-hybridized carbons (Fsp3) is 0.500. The van der Waals surface area contributed by atoms with E-state index in [2.05, 4.69) is 6.92 Å². The van der Waals surface area contributed by atoms with Gasteiger partial charge in [-0.3, -0.25) is 4.79 Å². The van der Waals surface area contributed by atoms with Gasteiger partial charge in [0.15, 0.2) is 0 Å². The Balaban J connectivity index is 3.18. The van der Waals surface area contributed by atoms with Crippen molar-refractivity contribution in [2.75, 3.05) is 13.6 Å². The number of carbonyl (C=O) groups excluding carboxylic acids is 1. The molecule has 57 valence electrons. The Morgan fingerprint density at radius 2 is 2.20 bits per heavy atom. The van der Waals surface area contributed by atoms with E-state index in [1.54, 1.807) is 11.9 Å². The summed E-state index contributed by atoms with van der Waals surface area (Å²) in [6.45, 7) is 4.44. The Bertz CT molecular complexity index is 110. The molecule has 0 fully saturated rings. The van der Waals surface area contributed by atoms with Crippen molar-refractivity contribution in [2.45, 2.75) is 12.8 Å². The highest BCUT2D eigenvalue weighted by Crippen LogP contribution is 1.87. The smallest absolute Gasteiger partial charge is 0.209 e. The minimum absolute atomic E-state index is 0.792. The number of nitrogens with zero attached hydrogens (tertiary/aromatic N) is 1. The van der Waals surface area contributed by atoms with Crippen LogP contribution in [0.2, 0.25) is 0 Å². The van der Waals surface area contributed by atoms with Gasteiger partial charge in [0.05, 0.1) is 0 Å². The minimum atomic E-state index is 0.792. The van der Waals surface area contributed by atoms with E-state index >= 15 is 0 Å². The molecule has 0 aromatic rings. The Labute approximate surface area is 62.5 Å². The molecule has 0 atom stereocenters. The Hall–Kier alpha value is -0.790. The zero-order valence-electron chi connectivity index (χ0n) is 6.42. The molecule has 2 nitrogen and oxygen atoms in total. The highest BCUT2D eigenvalue weighted by atomic mass is 16.1. The first-order valence-electron chi connectivity index (χ1n) is 3.41. The largest absolute Gasteiger partial charge is 0.348 e. The maximum absolute atomic E-state index is 10.1. The second kappa shape index (κ2) is 6.33. The molecular weight excluding hydrogens is 126 g/mol. The van der Waals surface area contributed by atoms with Crippen molar-refractivity contribution in [3.63, 3.8) is 0 Å². The van der Waals surface area contributed by atoms with Gasteiger partial charge in [0.2, 0.25) is 6.41 Å². The van der Waals surface area contributed by atoms with Crippen LogP contribution in [0.4, 0.5) is 0 Å². The van der Waals surface area contributed by atoms with Crippen LogP contribution in [0.3, 0.4) is 0 Å². The summed E-state index contributed by atoms with van der Waals surface area (Å²) in [5, 5.41) is 0. The molecule has 1 radical (unpaired) electrons. The van der Waals surface area contributed by atoms with Gasteiger partial charge in [0.1, 0.15) is 0 Å². The second-order valence-electron chi connectivity index (χ2n) is 2.13. The molecule has 1 amide bonds. The summed E-state index contributed by atoms with van der Waals surface area (Å²) < 4.78 is 0. The van der Waals surface area contributed by atoms with Crippen LogP contribution >= 0.6 is 0 Å². The van der Waals surface area contributed by atoms with Crippen molar-refractivity contribution >= 4 is 6.41 Å². The SMILES string of the molecule is [CH2]CC=CCCN(C)C=O. The fourth-order valence-electron chi connectivity index (χ4n) is 0.567. The number of carbonyl (C=O) groups is 1. The van der Waals surface area contributed by atoms with Crippen LogP contribution in [0.25, 0.3) is 0 Å². The van der Waals surface area contributed by atoms with Crippen LogP contribution in [0.1, 0.15) is 12.8 Å². The maximum Gasteiger partial charge on any atom is 0.209 e. The van der Waals surface area contributed by atoms with Crippen molar-refractivity contribution in [1.82, 2.24) is 4.90 Å². The molecule has 0 heterocycles. The van der Waals surface area contributed by atoms with E-state index in [1.807, 2.05) is 12.2 Å². The molecule has 0 aromatic heterocycles. The maximum atomic E-state index is 10.1. The van der Waals surface area contributed by atoms with Crippen molar-refractivity contribution < 1.29 is 4.79 Å². The third-order valence-corrected chi connectivity index (χ3v) is 1.16. The number of allylic oxidation sites excluding steroid dienone is 1. The lowest BCUT2D eigenvalue weighted by Gasteiger charge is -2.06. The van der Waals surface area contributed by atoms with Crippen molar-refractivity contribution in [1.29, 1.82) is 0 Å². The molecule has 0 saturated heterocycles. The lowest BCUT2D eigenvalue weighted by atomic mass is 10.3. The molecule has 0 bridgehead atoms. The van der Waals surface area contributed by atoms with Gasteiger partial charge in [-0.25, -0.2) is 0 Å². The first-order chi connectivity index (χ1) is 4.81. The molecule has 0 saturated carbocycles. The quantitative estimate of drug-likeness (QED) is 0.415. The molecule has 0 aliphatic heterocycles. The molecule has 0 spiro atoms. The van der Waals surface area contributed by atoms with E-state index in [0.29, 0.717) is 0 Å². The summed E-state index contributed by atoms with van der Waals surface area (Å²) >= 11 is 0. The Kier molecular flexibility index (Phi) is 5.83. The summed E-state index contributed by atoms with van der Waals surface area (Å²) in [4.78, 5) is 11.7. The molecule has 0 N–H and O–H groups in total. The predicted octanol–water partition coefficient (Wildman–Crippen LogP) is 1.25. The van der Waals surface area contributed by atoms with E-state index in [-0.39, 0.29) is 0 Å². The number of hydrogen-bond acceptors (Lipinski definition) is 1. The number of hydrogen-bond donors (Lipinski definition) is 0. The van der Waals surface area contributed by atoms with Crippen LogP contribution in [0.15, 0.2) is 12.2 Å². The lowest BCUT2D eigenvalue weighted by Crippen LogP contribution is -2.16. The molecule has 0 aromatic carbocycles. The van der Waals surface area contributed by atoms with Crippen LogP contribution in [-0.2, 0) is 4.79 Å². The average Bonchev–Trinajstić information content (AvgIpc) is 1.98. The van der Waals surface area contributed by atoms with Gasteiger partial charge in [-0.1, -0.05) is 12.2 Å². The summed E-state index contributed by atoms with van der Waals surface area (Å²) in [6.07, 6.45) is 6.61. The van der Waals surface area contributed by atoms with Gasteiger partial charge in [0, 0.05) is 13.6 Å². The third kappa shape index (κ3) is 5.35. The van der Waals surface area contributed by atoms with Crippen molar-refractivity contribution in [3.05, 3.63) is 19.1 Å². The average molecular weight is 140 g/mol. The second-order valence-corrected chi connectivity index (χ2v) is 2.13. The van der Waals surface area contributed by atoms with Gasteiger partial charge in [-0.2, -0.15) is 0 Å². The number of amides is 1. The summed E-state index contributed by atoms with van der Waals surface area (Å²) in [6, 6.07) is 0. The van der Waals surface area contributed by atoms with Gasteiger partial charge in [-0.15, -0.1) is 0 Å². The van der Waals surface area contributed by atoms with E-state index < -0.39 is 0 Å². The van der Waals surface area contributed by atoms with Crippen LogP contribution in [0, 0.1) is 6.92 Å². The van der Waals surface area contributed by atoms with Crippen LogP contribution in [0.5, 0.6) is 0 Å².